The van der Waals surface area contributed by atoms with Crippen LogP contribution in [0.5, 0.6) is 23.0 Å². The lowest BCUT2D eigenvalue weighted by Gasteiger charge is -2.12. The van der Waals surface area contributed by atoms with E-state index in [2.05, 4.69) is 10.3 Å². The average molecular weight is 368 g/mol. The van der Waals surface area contributed by atoms with Crippen LogP contribution in [0, 0.1) is 0 Å². The fourth-order valence-electron chi connectivity index (χ4n) is 2.49. The van der Waals surface area contributed by atoms with Crippen LogP contribution in [0.3, 0.4) is 0 Å². The van der Waals surface area contributed by atoms with E-state index in [9.17, 15) is 14.7 Å². The summed E-state index contributed by atoms with van der Waals surface area (Å²) in [5.41, 5.74) is -0.262. The van der Waals surface area contributed by atoms with E-state index in [0.717, 1.165) is 0 Å². The number of aromatic hydroxyl groups is 1. The van der Waals surface area contributed by atoms with Crippen LogP contribution in [-0.2, 0) is 4.79 Å². The number of benzene rings is 2. The fourth-order valence-corrected chi connectivity index (χ4v) is 2.49. The van der Waals surface area contributed by atoms with Gasteiger partial charge in [0.05, 0.1) is 7.11 Å². The molecule has 3 aromatic rings. The van der Waals surface area contributed by atoms with E-state index in [1.54, 1.807) is 49.6 Å². The first-order chi connectivity index (χ1) is 13.0. The summed E-state index contributed by atoms with van der Waals surface area (Å²) < 4.78 is 11.0. The normalized spacial score (nSPS) is 10.4. The number of carbonyl (C=O) groups is 2. The minimum absolute atomic E-state index is 0.262. The molecule has 8 heteroatoms. The largest absolute Gasteiger partial charge is 0.505 e. The number of aliphatic carboxylic acids is 1. The van der Waals surface area contributed by atoms with Crippen LogP contribution >= 0.6 is 0 Å². The lowest BCUT2D eigenvalue weighted by molar-refractivity contribution is -0.135. The Hall–Kier alpha value is -3.81. The predicted molar refractivity (Wildman–Crippen MR) is 96.4 cm³/mol. The van der Waals surface area contributed by atoms with Gasteiger partial charge in [0, 0.05) is 23.0 Å². The predicted octanol–water partition coefficient (Wildman–Crippen LogP) is 2.56. The van der Waals surface area contributed by atoms with Gasteiger partial charge in [0.25, 0.3) is 5.91 Å². The summed E-state index contributed by atoms with van der Waals surface area (Å²) in [6.07, 6.45) is 1.39. The molecule has 0 atom stereocenters. The Labute approximate surface area is 154 Å². The van der Waals surface area contributed by atoms with Crippen molar-refractivity contribution in [3.63, 3.8) is 0 Å². The minimum Gasteiger partial charge on any atom is -0.505 e. The van der Waals surface area contributed by atoms with E-state index in [0.29, 0.717) is 28.0 Å². The quantitative estimate of drug-likeness (QED) is 0.612. The van der Waals surface area contributed by atoms with Crippen molar-refractivity contribution in [1.29, 1.82) is 0 Å². The number of nitrogens with one attached hydrogen (secondary N) is 1. The van der Waals surface area contributed by atoms with Crippen molar-refractivity contribution >= 4 is 22.6 Å². The number of carboxylic acids is 1. The second-order valence-corrected chi connectivity index (χ2v) is 5.53. The van der Waals surface area contributed by atoms with Crippen LogP contribution in [0.15, 0.2) is 48.7 Å². The van der Waals surface area contributed by atoms with Gasteiger partial charge in [-0.3, -0.25) is 9.59 Å². The van der Waals surface area contributed by atoms with E-state index in [4.69, 9.17) is 14.6 Å². The smallest absolute Gasteiger partial charge is 0.322 e. The van der Waals surface area contributed by atoms with Crippen LogP contribution in [0.2, 0.25) is 0 Å². The van der Waals surface area contributed by atoms with Crippen molar-refractivity contribution in [3.8, 4) is 23.0 Å². The van der Waals surface area contributed by atoms with E-state index in [-0.39, 0.29) is 11.4 Å². The maximum Gasteiger partial charge on any atom is 0.322 e. The van der Waals surface area contributed by atoms with Crippen molar-refractivity contribution in [2.24, 2.45) is 0 Å². The molecule has 27 heavy (non-hydrogen) atoms. The number of carbonyl (C=O) groups excluding carboxylic acids is 1. The molecule has 0 unspecified atom stereocenters. The van der Waals surface area contributed by atoms with Crippen LogP contribution in [0.25, 0.3) is 10.8 Å². The molecule has 0 spiro atoms. The summed E-state index contributed by atoms with van der Waals surface area (Å²) in [6.45, 7) is -0.572. The fraction of sp³-hybridized carbons (Fsp3) is 0.105. The number of fused-ring (bicyclic) bond motifs is 1. The molecule has 2 aromatic carbocycles. The van der Waals surface area contributed by atoms with Crippen LogP contribution in [0.1, 0.15) is 10.5 Å². The van der Waals surface area contributed by atoms with Gasteiger partial charge in [0.1, 0.15) is 23.8 Å². The highest BCUT2D eigenvalue weighted by atomic mass is 16.5. The third kappa shape index (κ3) is 3.90. The number of nitrogens with zero attached hydrogens (tertiary/aromatic N) is 1. The maximum absolute atomic E-state index is 12.0. The number of pyridine rings is 1. The number of carboxylic acid groups (broad SMARTS) is 1. The molecule has 0 radical (unpaired) electrons. The van der Waals surface area contributed by atoms with Crippen molar-refractivity contribution in [2.75, 3.05) is 13.7 Å². The van der Waals surface area contributed by atoms with Gasteiger partial charge in [0.15, 0.2) is 11.4 Å². The highest BCUT2D eigenvalue weighted by Crippen LogP contribution is 2.35. The van der Waals surface area contributed by atoms with Gasteiger partial charge in [0.2, 0.25) is 0 Å². The van der Waals surface area contributed by atoms with E-state index < -0.39 is 18.4 Å². The van der Waals surface area contributed by atoms with Crippen molar-refractivity contribution < 1.29 is 29.3 Å². The molecular weight excluding hydrogens is 352 g/mol. The Morgan fingerprint density at radius 2 is 1.85 bits per heavy atom. The van der Waals surface area contributed by atoms with Crippen molar-refractivity contribution in [2.45, 2.75) is 0 Å². The first kappa shape index (κ1) is 18.0. The molecule has 138 valence electrons. The topological polar surface area (TPSA) is 118 Å². The number of hydrogen-bond acceptors (Lipinski definition) is 6. The monoisotopic (exact) mass is 368 g/mol. The third-order valence-corrected chi connectivity index (χ3v) is 3.75. The molecule has 0 aliphatic rings. The van der Waals surface area contributed by atoms with Gasteiger partial charge in [-0.05, 0) is 18.2 Å². The highest BCUT2D eigenvalue weighted by Gasteiger charge is 2.18. The Morgan fingerprint density at radius 1 is 1.11 bits per heavy atom. The molecule has 0 saturated heterocycles. The molecule has 1 aromatic heterocycles. The zero-order valence-electron chi connectivity index (χ0n) is 14.3. The van der Waals surface area contributed by atoms with Crippen molar-refractivity contribution in [1.82, 2.24) is 10.3 Å². The summed E-state index contributed by atoms with van der Waals surface area (Å²) >= 11 is 0. The van der Waals surface area contributed by atoms with Gasteiger partial charge in [-0.1, -0.05) is 18.2 Å². The molecule has 0 saturated carbocycles. The molecule has 0 fully saturated rings. The molecular formula is C19H16N2O6. The number of hydrogen-bond donors (Lipinski definition) is 3. The summed E-state index contributed by atoms with van der Waals surface area (Å²) in [5, 5.41) is 22.1. The highest BCUT2D eigenvalue weighted by molar-refractivity contribution is 6.03. The van der Waals surface area contributed by atoms with Gasteiger partial charge in [-0.2, -0.15) is 0 Å². The lowest BCUT2D eigenvalue weighted by Crippen LogP contribution is -2.29. The summed E-state index contributed by atoms with van der Waals surface area (Å²) in [5.74, 6) is -0.739. The minimum atomic E-state index is -1.20. The Morgan fingerprint density at radius 3 is 2.59 bits per heavy atom. The Balaban J connectivity index is 1.96. The van der Waals surface area contributed by atoms with Gasteiger partial charge < -0.3 is 25.0 Å². The van der Waals surface area contributed by atoms with Crippen LogP contribution < -0.4 is 14.8 Å². The molecule has 0 bridgehead atoms. The first-order valence-corrected chi connectivity index (χ1v) is 7.92. The molecule has 1 amide bonds. The molecule has 0 aliphatic carbocycles. The SMILES string of the molecule is COc1cccc(Oc2cccc3c(O)c(C(=O)NCC(=O)O)ncc23)c1. The number of aromatic nitrogens is 1. The summed E-state index contributed by atoms with van der Waals surface area (Å²) in [4.78, 5) is 26.6. The second-order valence-electron chi connectivity index (χ2n) is 5.53. The second kappa shape index (κ2) is 7.61. The average Bonchev–Trinajstić information content (AvgIpc) is 2.67. The van der Waals surface area contributed by atoms with Gasteiger partial charge in [-0.25, -0.2) is 4.98 Å². The first-order valence-electron chi connectivity index (χ1n) is 7.92. The van der Waals surface area contributed by atoms with Crippen LogP contribution in [-0.4, -0.2) is 40.7 Å². The number of methoxy groups -OCH3 is 1. The van der Waals surface area contributed by atoms with Crippen molar-refractivity contribution in [3.05, 3.63) is 54.4 Å². The molecule has 8 nitrogen and oxygen atoms in total. The zero-order valence-corrected chi connectivity index (χ0v) is 14.3. The molecule has 3 N–H and O–H groups in total. The number of amides is 1. The maximum atomic E-state index is 12.0. The lowest BCUT2D eigenvalue weighted by atomic mass is 10.1. The number of rotatable bonds is 6. The van der Waals surface area contributed by atoms with E-state index in [1.165, 1.54) is 6.20 Å². The van der Waals surface area contributed by atoms with Gasteiger partial charge in [-0.15, -0.1) is 0 Å². The van der Waals surface area contributed by atoms with E-state index >= 15 is 0 Å². The zero-order chi connectivity index (χ0) is 19.4. The summed E-state index contributed by atoms with van der Waals surface area (Å²) in [6, 6.07) is 12.0. The number of ether oxygens (including phenoxy) is 2. The van der Waals surface area contributed by atoms with E-state index in [1.807, 2.05) is 0 Å². The molecule has 0 aliphatic heterocycles. The summed E-state index contributed by atoms with van der Waals surface area (Å²) in [7, 11) is 1.55. The van der Waals surface area contributed by atoms with Gasteiger partial charge >= 0.3 is 5.97 Å². The van der Waals surface area contributed by atoms with Crippen LogP contribution in [0.4, 0.5) is 0 Å². The Kier molecular flexibility index (Phi) is 5.07. The molecule has 3 rings (SSSR count). The standard InChI is InChI=1S/C19H16N2O6/c1-26-11-4-2-5-12(8-11)27-15-7-3-6-13-14(15)9-20-17(18(13)24)19(25)21-10-16(22)23/h2-9,24H,10H2,1H3,(H,21,25)(H,22,23). The molecule has 1 heterocycles. The Bertz CT molecular complexity index is 1020. The third-order valence-electron chi connectivity index (χ3n) is 3.75.